The van der Waals surface area contributed by atoms with Crippen LogP contribution in [0.4, 0.5) is 10.8 Å². The Morgan fingerprint density at radius 2 is 1.97 bits per heavy atom. The maximum Gasteiger partial charge on any atom is 0.263 e. The predicted octanol–water partition coefficient (Wildman–Crippen LogP) is 4.68. The van der Waals surface area contributed by atoms with Crippen molar-refractivity contribution in [3.63, 3.8) is 0 Å². The van der Waals surface area contributed by atoms with Gasteiger partial charge < -0.3 is 10.2 Å². The highest BCUT2D eigenvalue weighted by Gasteiger charge is 2.32. The molecule has 1 amide bonds. The zero-order valence-corrected chi connectivity index (χ0v) is 19.9. The van der Waals surface area contributed by atoms with Crippen LogP contribution in [0.3, 0.4) is 0 Å². The summed E-state index contributed by atoms with van der Waals surface area (Å²) >= 11 is 13.3. The molecule has 0 bridgehead atoms. The highest BCUT2D eigenvalue weighted by molar-refractivity contribution is 7.93. The number of rotatable bonds is 8. The molecular weight excluding hydrogens is 491 g/mol. The van der Waals surface area contributed by atoms with Crippen LogP contribution in [0.5, 0.6) is 0 Å². The molecule has 2 N–H and O–H groups in total. The van der Waals surface area contributed by atoms with Crippen LogP contribution >= 0.6 is 34.5 Å². The molecule has 11 heteroatoms. The first-order valence-electron chi connectivity index (χ1n) is 9.84. The molecule has 0 spiro atoms. The van der Waals surface area contributed by atoms with Crippen LogP contribution in [0.15, 0.2) is 58.9 Å². The number of amides is 1. The molecule has 4 rings (SSSR count). The van der Waals surface area contributed by atoms with Crippen LogP contribution in [0.1, 0.15) is 14.8 Å². The van der Waals surface area contributed by atoms with Crippen molar-refractivity contribution in [2.45, 2.75) is 23.8 Å². The predicted molar refractivity (Wildman–Crippen MR) is 133 cm³/mol. The van der Waals surface area contributed by atoms with Gasteiger partial charge in [-0.3, -0.25) is 9.52 Å². The third-order valence-electron chi connectivity index (χ3n) is 5.12. The second-order valence-corrected chi connectivity index (χ2v) is 10.6. The summed E-state index contributed by atoms with van der Waals surface area (Å²) in [6, 6.07) is 11.3. The summed E-state index contributed by atoms with van der Waals surface area (Å²) in [5.74, 6) is -0.0382. The Morgan fingerprint density at radius 1 is 1.19 bits per heavy atom. The number of thiazole rings is 1. The number of benzene rings is 2. The molecule has 2 heterocycles. The van der Waals surface area contributed by atoms with Crippen molar-refractivity contribution in [3.05, 3.63) is 69.7 Å². The Bertz CT molecular complexity index is 1210. The number of aromatic nitrogens is 1. The monoisotopic (exact) mass is 514 g/mol. The highest BCUT2D eigenvalue weighted by Crippen LogP contribution is 2.25. The summed E-state index contributed by atoms with van der Waals surface area (Å²) in [5.41, 5.74) is 1.63. The van der Waals surface area contributed by atoms with E-state index in [0.717, 1.165) is 5.56 Å². The van der Waals surface area contributed by atoms with E-state index >= 15 is 0 Å². The molecule has 1 fully saturated rings. The molecule has 7 nitrogen and oxygen atoms in total. The summed E-state index contributed by atoms with van der Waals surface area (Å²) in [4.78, 5) is 18.5. The van der Waals surface area contributed by atoms with E-state index < -0.39 is 10.0 Å². The minimum Gasteiger partial charge on any atom is -0.311 e. The topological polar surface area (TPSA) is 91.4 Å². The third-order valence-corrected chi connectivity index (χ3v) is 7.88. The summed E-state index contributed by atoms with van der Waals surface area (Å²) in [6.07, 6.45) is 2.87. The van der Waals surface area contributed by atoms with Crippen molar-refractivity contribution in [2.75, 3.05) is 22.7 Å². The van der Waals surface area contributed by atoms with E-state index in [1.54, 1.807) is 34.5 Å². The molecule has 32 heavy (non-hydrogen) atoms. The molecule has 0 saturated carbocycles. The highest BCUT2D eigenvalue weighted by atomic mass is 35.5. The Balaban J connectivity index is 0.00000204. The molecule has 1 aromatic heterocycles. The van der Waals surface area contributed by atoms with Gasteiger partial charge in [0.1, 0.15) is 0 Å². The van der Waals surface area contributed by atoms with Gasteiger partial charge in [-0.2, -0.15) is 0 Å². The van der Waals surface area contributed by atoms with Crippen molar-refractivity contribution in [1.82, 2.24) is 10.3 Å². The van der Waals surface area contributed by atoms with Gasteiger partial charge in [0.15, 0.2) is 5.13 Å². The molecule has 2 aromatic carbocycles. The van der Waals surface area contributed by atoms with Gasteiger partial charge in [0.25, 0.3) is 10.0 Å². The smallest absolute Gasteiger partial charge is 0.263 e. The minimum atomic E-state index is -3.73. The van der Waals surface area contributed by atoms with Crippen LogP contribution in [-0.4, -0.2) is 38.4 Å². The lowest BCUT2D eigenvalue weighted by atomic mass is 10.1. The van der Waals surface area contributed by atoms with Crippen LogP contribution in [0.2, 0.25) is 10.0 Å². The van der Waals surface area contributed by atoms with Crippen molar-refractivity contribution < 1.29 is 16.1 Å². The van der Waals surface area contributed by atoms with Gasteiger partial charge in [-0.05, 0) is 61.3 Å². The van der Waals surface area contributed by atoms with Gasteiger partial charge in [-0.25, -0.2) is 13.4 Å². The van der Waals surface area contributed by atoms with Crippen molar-refractivity contribution in [2.24, 2.45) is 0 Å². The molecular formula is C21H24Cl2N4O3S2. The summed E-state index contributed by atoms with van der Waals surface area (Å²) < 4.78 is 27.4. The molecule has 1 saturated heterocycles. The third kappa shape index (κ3) is 5.24. The fourth-order valence-electron chi connectivity index (χ4n) is 3.48. The molecule has 1 aliphatic rings. The van der Waals surface area contributed by atoms with Gasteiger partial charge in [0.2, 0.25) is 5.91 Å². The number of nitrogens with zero attached hydrogens (tertiary/aromatic N) is 2. The number of anilines is 2. The number of carbonyl (C=O) groups is 1. The fraction of sp³-hybridized carbons (Fsp3) is 0.238. The Hall–Kier alpha value is -2.17. The van der Waals surface area contributed by atoms with E-state index in [0.29, 0.717) is 46.8 Å². The normalized spacial score (nSPS) is 16.5. The maximum absolute atomic E-state index is 12.8. The average molecular weight is 515 g/mol. The summed E-state index contributed by atoms with van der Waals surface area (Å²) in [7, 11) is -3.73. The lowest BCUT2D eigenvalue weighted by Crippen LogP contribution is -2.39. The van der Waals surface area contributed by atoms with Crippen LogP contribution in [0.25, 0.3) is 0 Å². The second kappa shape index (κ2) is 9.76. The van der Waals surface area contributed by atoms with Gasteiger partial charge in [0.05, 0.1) is 10.9 Å². The summed E-state index contributed by atoms with van der Waals surface area (Å²) in [5, 5.41) is 6.48. The van der Waals surface area contributed by atoms with Crippen molar-refractivity contribution in [3.8, 4) is 0 Å². The second-order valence-electron chi connectivity index (χ2n) is 7.21. The molecule has 0 radical (unpaired) electrons. The fourth-order valence-corrected chi connectivity index (χ4v) is 5.78. The molecule has 0 unspecified atom stereocenters. The van der Waals surface area contributed by atoms with Gasteiger partial charge in [-0.1, -0.05) is 29.3 Å². The largest absolute Gasteiger partial charge is 0.311 e. The van der Waals surface area contributed by atoms with E-state index in [1.165, 1.54) is 29.7 Å². The Kier molecular flexibility index (Phi) is 7.02. The zero-order valence-electron chi connectivity index (χ0n) is 16.8. The van der Waals surface area contributed by atoms with E-state index in [4.69, 9.17) is 23.2 Å². The molecule has 1 aliphatic heterocycles. The van der Waals surface area contributed by atoms with E-state index in [9.17, 15) is 13.2 Å². The molecule has 0 aliphatic carbocycles. The Morgan fingerprint density at radius 3 is 2.66 bits per heavy atom. The van der Waals surface area contributed by atoms with Crippen LogP contribution in [0, 0.1) is 0 Å². The van der Waals surface area contributed by atoms with Crippen LogP contribution in [-0.2, 0) is 21.2 Å². The van der Waals surface area contributed by atoms with Gasteiger partial charge in [0, 0.05) is 36.7 Å². The van der Waals surface area contributed by atoms with Crippen molar-refractivity contribution in [1.29, 1.82) is 0 Å². The lowest BCUT2D eigenvalue weighted by Gasteiger charge is -2.18. The number of sulfonamides is 1. The molecule has 3 aromatic rings. The zero-order chi connectivity index (χ0) is 22.7. The average Bonchev–Trinajstić information content (AvgIpc) is 3.39. The number of carbonyl (C=O) groups excluding carboxylic acids is 1. The minimum absolute atomic E-state index is 0. The number of hydrogen-bond donors (Lipinski definition) is 2. The van der Waals surface area contributed by atoms with E-state index in [-0.39, 0.29) is 19.7 Å². The molecule has 1 atom stereocenters. The number of nitrogens with one attached hydrogen (secondary N) is 2. The summed E-state index contributed by atoms with van der Waals surface area (Å²) in [6.45, 7) is 1.16. The molecule has 172 valence electrons. The number of hydrogen-bond acceptors (Lipinski definition) is 6. The first kappa shape index (κ1) is 23.0. The van der Waals surface area contributed by atoms with Crippen molar-refractivity contribution >= 4 is 61.3 Å². The SMILES string of the molecule is O=C1[C@@H](NCCc2ccc(Cl)cc2Cl)CCN1c1ccc(S(=O)(=O)Nc2nccs2)cc1.[HH].[HH]. The van der Waals surface area contributed by atoms with Gasteiger partial charge in [-0.15, -0.1) is 11.3 Å². The quantitative estimate of drug-likeness (QED) is 0.455. The first-order chi connectivity index (χ1) is 15.3. The van der Waals surface area contributed by atoms with Crippen LogP contribution < -0.4 is 14.9 Å². The Labute approximate surface area is 203 Å². The number of halogens is 2. The standard InChI is InChI=1S/C21H20Cl2N4O3S2.2H2/c22-15-2-1-14(18(23)13-15)7-9-24-19-8-11-27(20(19)28)16-3-5-17(6-4-16)32(29,30)26-21-25-10-12-31-21;;/h1-6,10,12-13,19,24H,7-9,11H2,(H,25,26);2*1H/t19-;;/m0../s1. The maximum atomic E-state index is 12.8. The first-order valence-corrected chi connectivity index (χ1v) is 13.0. The lowest BCUT2D eigenvalue weighted by molar-refractivity contribution is -0.118. The van der Waals surface area contributed by atoms with Gasteiger partial charge >= 0.3 is 0 Å². The van der Waals surface area contributed by atoms with E-state index in [1.807, 2.05) is 6.07 Å². The van der Waals surface area contributed by atoms with E-state index in [2.05, 4.69) is 15.0 Å².